The number of aromatic nitrogens is 3. The third-order valence-electron chi connectivity index (χ3n) is 2.34. The lowest BCUT2D eigenvalue weighted by Crippen LogP contribution is -2.11. The molecule has 0 bridgehead atoms. The molecule has 0 aromatic carbocycles. The highest BCUT2D eigenvalue weighted by Gasteiger charge is 2.14. The van der Waals surface area contributed by atoms with Crippen LogP contribution in [0.3, 0.4) is 0 Å². The van der Waals surface area contributed by atoms with Gasteiger partial charge in [-0.05, 0) is 17.0 Å². The van der Waals surface area contributed by atoms with Crippen LogP contribution in [-0.4, -0.2) is 14.8 Å². The lowest BCUT2D eigenvalue weighted by atomic mass is 9.88. The van der Waals surface area contributed by atoms with Gasteiger partial charge in [-0.15, -0.1) is 0 Å². The quantitative estimate of drug-likeness (QED) is 0.636. The molecule has 0 fully saturated rings. The lowest BCUT2D eigenvalue weighted by molar-refractivity contribution is 0.588. The minimum absolute atomic E-state index is 0.150. The molecule has 74 valence electrons. The van der Waals surface area contributed by atoms with E-state index in [2.05, 4.69) is 36.9 Å². The van der Waals surface area contributed by atoms with E-state index in [4.69, 9.17) is 0 Å². The lowest BCUT2D eigenvalue weighted by Gasteiger charge is -2.17. The molecule has 0 aliphatic carbocycles. The molecule has 0 aliphatic rings. The summed E-state index contributed by atoms with van der Waals surface area (Å²) in [6.07, 6.45) is 3.91. The van der Waals surface area contributed by atoms with Gasteiger partial charge in [0.25, 0.3) is 0 Å². The second kappa shape index (κ2) is 2.80. The highest BCUT2D eigenvalue weighted by Crippen LogP contribution is 2.23. The van der Waals surface area contributed by atoms with Crippen molar-refractivity contribution in [1.82, 2.24) is 14.8 Å². The second-order valence-electron chi connectivity index (χ2n) is 4.69. The maximum atomic E-state index is 4.34. The first kappa shape index (κ1) is 9.19. The fourth-order valence-corrected chi connectivity index (χ4v) is 1.44. The predicted octanol–water partition coefficient (Wildman–Crippen LogP) is 2.27. The Balaban J connectivity index is 2.62. The van der Waals surface area contributed by atoms with Crippen LogP contribution in [0, 0.1) is 0 Å². The molecule has 0 N–H and O–H groups in total. The van der Waals surface area contributed by atoms with Crippen molar-refractivity contribution in [2.24, 2.45) is 7.05 Å². The number of nitrogens with zero attached hydrogens (tertiary/aromatic N) is 3. The Labute approximate surface area is 83.8 Å². The smallest absolute Gasteiger partial charge is 0.181 e. The Morgan fingerprint density at radius 3 is 2.64 bits per heavy atom. The SMILES string of the molecule is Cn1cc2cc(C(C)(C)C)cnc2n1. The maximum absolute atomic E-state index is 4.34. The van der Waals surface area contributed by atoms with Crippen LogP contribution in [0.2, 0.25) is 0 Å². The monoisotopic (exact) mass is 189 g/mol. The number of hydrogen-bond donors (Lipinski definition) is 0. The fraction of sp³-hybridized carbons (Fsp3) is 0.455. The molecule has 0 unspecified atom stereocenters. The van der Waals surface area contributed by atoms with Crippen LogP contribution in [0.1, 0.15) is 26.3 Å². The summed E-state index contributed by atoms with van der Waals surface area (Å²) < 4.78 is 1.80. The normalized spacial score (nSPS) is 12.3. The van der Waals surface area contributed by atoms with Crippen LogP contribution in [0.5, 0.6) is 0 Å². The van der Waals surface area contributed by atoms with Crippen LogP contribution in [0.25, 0.3) is 11.0 Å². The largest absolute Gasteiger partial charge is 0.273 e. The van der Waals surface area contributed by atoms with Crippen LogP contribution >= 0.6 is 0 Å². The highest BCUT2D eigenvalue weighted by molar-refractivity contribution is 5.74. The van der Waals surface area contributed by atoms with Crippen molar-refractivity contribution in [3.8, 4) is 0 Å². The Hall–Kier alpha value is -1.38. The average molecular weight is 189 g/mol. The standard InChI is InChI=1S/C11H15N3/c1-11(2,3)9-5-8-7-14(4)13-10(8)12-6-9/h5-7H,1-4H3. The van der Waals surface area contributed by atoms with Gasteiger partial charge in [0.15, 0.2) is 5.65 Å². The molecule has 14 heavy (non-hydrogen) atoms. The van der Waals surface area contributed by atoms with Crippen molar-refractivity contribution in [3.63, 3.8) is 0 Å². The Morgan fingerprint density at radius 1 is 1.29 bits per heavy atom. The number of pyridine rings is 1. The van der Waals surface area contributed by atoms with Gasteiger partial charge in [-0.1, -0.05) is 20.8 Å². The molecule has 3 heteroatoms. The van der Waals surface area contributed by atoms with Gasteiger partial charge in [-0.3, -0.25) is 4.68 Å². The van der Waals surface area contributed by atoms with Crippen molar-refractivity contribution in [2.75, 3.05) is 0 Å². The van der Waals surface area contributed by atoms with Gasteiger partial charge in [0.1, 0.15) is 0 Å². The predicted molar refractivity (Wildman–Crippen MR) is 57.2 cm³/mol. The van der Waals surface area contributed by atoms with Crippen LogP contribution in [0.15, 0.2) is 18.5 Å². The van der Waals surface area contributed by atoms with Crippen LogP contribution in [0.4, 0.5) is 0 Å². The molecular weight excluding hydrogens is 174 g/mol. The molecular formula is C11H15N3. The van der Waals surface area contributed by atoms with Crippen LogP contribution < -0.4 is 0 Å². The molecule has 0 saturated heterocycles. The molecule has 2 rings (SSSR count). The number of rotatable bonds is 0. The van der Waals surface area contributed by atoms with Crippen molar-refractivity contribution < 1.29 is 0 Å². The summed E-state index contributed by atoms with van der Waals surface area (Å²) in [5.74, 6) is 0. The van der Waals surface area contributed by atoms with Gasteiger partial charge in [0.2, 0.25) is 0 Å². The first-order valence-corrected chi connectivity index (χ1v) is 4.77. The Morgan fingerprint density at radius 2 is 2.00 bits per heavy atom. The molecule has 0 atom stereocenters. The summed E-state index contributed by atoms with van der Waals surface area (Å²) in [6.45, 7) is 6.56. The van der Waals surface area contributed by atoms with E-state index in [-0.39, 0.29) is 5.41 Å². The summed E-state index contributed by atoms with van der Waals surface area (Å²) in [7, 11) is 1.92. The minimum atomic E-state index is 0.150. The third kappa shape index (κ3) is 1.50. The molecule has 0 saturated carbocycles. The molecule has 2 aromatic heterocycles. The van der Waals surface area contributed by atoms with E-state index < -0.39 is 0 Å². The third-order valence-corrected chi connectivity index (χ3v) is 2.34. The molecule has 2 heterocycles. The Kier molecular flexibility index (Phi) is 1.84. The van der Waals surface area contributed by atoms with Crippen molar-refractivity contribution in [3.05, 3.63) is 24.0 Å². The summed E-state index contributed by atoms with van der Waals surface area (Å²) >= 11 is 0. The minimum Gasteiger partial charge on any atom is -0.273 e. The van der Waals surface area contributed by atoms with E-state index in [1.807, 2.05) is 19.4 Å². The highest BCUT2D eigenvalue weighted by atomic mass is 15.3. The molecule has 0 spiro atoms. The number of hydrogen-bond acceptors (Lipinski definition) is 2. The Bertz CT molecular complexity index is 463. The number of fused-ring (bicyclic) bond motifs is 1. The van der Waals surface area contributed by atoms with Gasteiger partial charge in [0.05, 0.1) is 0 Å². The van der Waals surface area contributed by atoms with Gasteiger partial charge >= 0.3 is 0 Å². The maximum Gasteiger partial charge on any atom is 0.181 e. The zero-order chi connectivity index (χ0) is 10.3. The molecule has 3 nitrogen and oxygen atoms in total. The second-order valence-corrected chi connectivity index (χ2v) is 4.69. The van der Waals surface area contributed by atoms with Crippen molar-refractivity contribution in [2.45, 2.75) is 26.2 Å². The van der Waals surface area contributed by atoms with E-state index in [1.165, 1.54) is 5.56 Å². The molecule has 0 aliphatic heterocycles. The van der Waals surface area contributed by atoms with Crippen molar-refractivity contribution >= 4 is 11.0 Å². The van der Waals surface area contributed by atoms with E-state index >= 15 is 0 Å². The van der Waals surface area contributed by atoms with Gasteiger partial charge in [-0.25, -0.2) is 4.98 Å². The molecule has 0 amide bonds. The average Bonchev–Trinajstić information content (AvgIpc) is 2.41. The van der Waals surface area contributed by atoms with Gasteiger partial charge < -0.3 is 0 Å². The zero-order valence-electron chi connectivity index (χ0n) is 9.07. The van der Waals surface area contributed by atoms with E-state index in [1.54, 1.807) is 4.68 Å². The summed E-state index contributed by atoms with van der Waals surface area (Å²) in [6, 6.07) is 2.16. The molecule has 0 radical (unpaired) electrons. The summed E-state index contributed by atoms with van der Waals surface area (Å²) in [5.41, 5.74) is 2.22. The summed E-state index contributed by atoms with van der Waals surface area (Å²) in [5, 5.41) is 5.35. The fourth-order valence-electron chi connectivity index (χ4n) is 1.44. The van der Waals surface area contributed by atoms with E-state index in [0.717, 1.165) is 11.0 Å². The topological polar surface area (TPSA) is 30.7 Å². The summed E-state index contributed by atoms with van der Waals surface area (Å²) in [4.78, 5) is 4.34. The van der Waals surface area contributed by atoms with Crippen LogP contribution in [-0.2, 0) is 12.5 Å². The van der Waals surface area contributed by atoms with E-state index in [9.17, 15) is 0 Å². The van der Waals surface area contributed by atoms with Crippen molar-refractivity contribution in [1.29, 1.82) is 0 Å². The zero-order valence-corrected chi connectivity index (χ0v) is 9.07. The van der Waals surface area contributed by atoms with Gasteiger partial charge in [0, 0.05) is 24.8 Å². The van der Waals surface area contributed by atoms with Gasteiger partial charge in [-0.2, -0.15) is 5.10 Å². The number of aryl methyl sites for hydroxylation is 1. The first-order chi connectivity index (χ1) is 6.47. The first-order valence-electron chi connectivity index (χ1n) is 4.77. The molecule has 2 aromatic rings. The van der Waals surface area contributed by atoms with E-state index in [0.29, 0.717) is 0 Å².